The Balaban J connectivity index is 1.41. The lowest BCUT2D eigenvalue weighted by Crippen LogP contribution is -2.76. The van der Waals surface area contributed by atoms with Crippen LogP contribution < -0.4 is 10.0 Å². The van der Waals surface area contributed by atoms with Crippen LogP contribution in [0.25, 0.3) is 11.3 Å². The van der Waals surface area contributed by atoms with Gasteiger partial charge in [0.25, 0.3) is 12.0 Å². The minimum absolute atomic E-state index is 0.0456. The number of quaternary nitrogens is 1. The van der Waals surface area contributed by atoms with Crippen LogP contribution in [-0.2, 0) is 6.54 Å². The lowest BCUT2D eigenvalue weighted by molar-refractivity contribution is -0.943. The van der Waals surface area contributed by atoms with Gasteiger partial charge in [0.05, 0.1) is 41.5 Å². The molecule has 2 heterocycles. The maximum atomic E-state index is 13.1. The number of anilines is 1. The number of hydrogen-bond donors (Lipinski definition) is 0. The van der Waals surface area contributed by atoms with Gasteiger partial charge in [0.2, 0.25) is 0 Å². The monoisotopic (exact) mass is 525 g/mol. The highest BCUT2D eigenvalue weighted by molar-refractivity contribution is 6.05. The van der Waals surface area contributed by atoms with E-state index in [-0.39, 0.29) is 16.4 Å². The number of benzene rings is 2. The molecule has 2 aromatic carbocycles. The molecule has 1 aliphatic rings. The second-order valence-corrected chi connectivity index (χ2v) is 11.2. The number of nitrogens with zero attached hydrogens (tertiary/aromatic N) is 5. The van der Waals surface area contributed by atoms with Crippen LogP contribution in [0.1, 0.15) is 49.2 Å². The highest BCUT2D eigenvalue weighted by Gasteiger charge is 2.49. The summed E-state index contributed by atoms with van der Waals surface area (Å²) in [5, 5.41) is 21.5. The van der Waals surface area contributed by atoms with E-state index < -0.39 is 11.6 Å². The molecule has 0 spiro atoms. The van der Waals surface area contributed by atoms with Gasteiger partial charge in [-0.25, -0.2) is 0 Å². The molecular formula is C31H35N5O3. The Kier molecular flexibility index (Phi) is 7.86. The lowest BCUT2D eigenvalue weighted by atomic mass is 9.95. The van der Waals surface area contributed by atoms with E-state index in [1.807, 2.05) is 64.1 Å². The Morgan fingerprint density at radius 1 is 1.13 bits per heavy atom. The summed E-state index contributed by atoms with van der Waals surface area (Å²) in [6.45, 7) is 10.4. The zero-order valence-corrected chi connectivity index (χ0v) is 23.2. The van der Waals surface area contributed by atoms with E-state index >= 15 is 0 Å². The SMILES string of the molecule is C[C@H]1CN(Cc2ccc(N(C)C(=O)c3ccc(-c4ccccc4C#N)nc3)cc2)CC[N+]1(C(=O)[O-])C(C)(C)C. The number of piperazine rings is 1. The Morgan fingerprint density at radius 2 is 1.82 bits per heavy atom. The Labute approximate surface area is 230 Å². The fraction of sp³-hybridized carbons (Fsp3) is 0.355. The van der Waals surface area contributed by atoms with Crippen LogP contribution >= 0.6 is 0 Å². The van der Waals surface area contributed by atoms with Crippen molar-refractivity contribution in [1.29, 1.82) is 5.26 Å². The Morgan fingerprint density at radius 3 is 2.38 bits per heavy atom. The number of rotatable bonds is 5. The number of pyridine rings is 1. The maximum Gasteiger partial charge on any atom is 0.259 e. The molecular weight excluding hydrogens is 490 g/mol. The predicted octanol–water partition coefficient (Wildman–Crippen LogP) is 4.06. The summed E-state index contributed by atoms with van der Waals surface area (Å²) in [7, 11) is 1.73. The highest BCUT2D eigenvalue weighted by Crippen LogP contribution is 2.32. The van der Waals surface area contributed by atoms with Gasteiger partial charge >= 0.3 is 0 Å². The molecule has 2 atom stereocenters. The number of amides is 2. The summed E-state index contributed by atoms with van der Waals surface area (Å²) in [5.74, 6) is -0.182. The van der Waals surface area contributed by atoms with Crippen molar-refractivity contribution in [3.05, 3.63) is 83.6 Å². The molecule has 4 rings (SSSR count). The van der Waals surface area contributed by atoms with Gasteiger partial charge in [-0.2, -0.15) is 5.26 Å². The summed E-state index contributed by atoms with van der Waals surface area (Å²) >= 11 is 0. The number of carbonyl (C=O) groups excluding carboxylic acids is 2. The molecule has 3 aromatic rings. The molecule has 8 nitrogen and oxygen atoms in total. The molecule has 0 aliphatic carbocycles. The minimum atomic E-state index is -1.01. The van der Waals surface area contributed by atoms with Crippen LogP contribution in [0, 0.1) is 11.3 Å². The number of hydrogen-bond acceptors (Lipinski definition) is 6. The fourth-order valence-electron chi connectivity index (χ4n) is 5.69. The number of aromatic nitrogens is 1. The van der Waals surface area contributed by atoms with Crippen molar-refractivity contribution in [3.63, 3.8) is 0 Å². The first-order valence-electron chi connectivity index (χ1n) is 13.1. The fourth-order valence-corrected chi connectivity index (χ4v) is 5.69. The van der Waals surface area contributed by atoms with Crippen LogP contribution in [0.15, 0.2) is 66.9 Å². The minimum Gasteiger partial charge on any atom is -0.498 e. The quantitative estimate of drug-likeness (QED) is 0.466. The first kappa shape index (κ1) is 28.0. The topological polar surface area (TPSA) is 100 Å². The van der Waals surface area contributed by atoms with Gasteiger partial charge < -0.3 is 14.8 Å². The smallest absolute Gasteiger partial charge is 0.259 e. The van der Waals surface area contributed by atoms with Crippen molar-refractivity contribution in [3.8, 4) is 17.3 Å². The zero-order valence-electron chi connectivity index (χ0n) is 23.2. The number of nitriles is 1. The van der Waals surface area contributed by atoms with E-state index in [0.29, 0.717) is 43.0 Å². The summed E-state index contributed by atoms with van der Waals surface area (Å²) in [4.78, 5) is 33.6. The predicted molar refractivity (Wildman–Crippen MR) is 149 cm³/mol. The van der Waals surface area contributed by atoms with Gasteiger partial charge in [-0.1, -0.05) is 30.3 Å². The van der Waals surface area contributed by atoms with Crippen LogP contribution in [0.4, 0.5) is 10.5 Å². The molecule has 39 heavy (non-hydrogen) atoms. The van der Waals surface area contributed by atoms with Gasteiger partial charge in [0, 0.05) is 37.6 Å². The highest BCUT2D eigenvalue weighted by atomic mass is 16.4. The number of carboxylic acid groups (broad SMARTS) is 1. The van der Waals surface area contributed by atoms with Crippen molar-refractivity contribution in [2.24, 2.45) is 0 Å². The van der Waals surface area contributed by atoms with Crippen LogP contribution in [0.5, 0.6) is 0 Å². The van der Waals surface area contributed by atoms with Crippen molar-refractivity contribution >= 4 is 17.7 Å². The molecule has 2 amide bonds. The summed E-state index contributed by atoms with van der Waals surface area (Å²) in [6, 6.07) is 20.6. The molecule has 1 aliphatic heterocycles. The third kappa shape index (κ3) is 5.42. The largest absolute Gasteiger partial charge is 0.498 e. The van der Waals surface area contributed by atoms with E-state index in [4.69, 9.17) is 0 Å². The lowest BCUT2D eigenvalue weighted by Gasteiger charge is -2.55. The normalized spacial score (nSPS) is 19.7. The molecule has 0 saturated carbocycles. The number of carbonyl (C=O) groups is 2. The van der Waals surface area contributed by atoms with E-state index in [2.05, 4.69) is 16.0 Å². The second kappa shape index (κ2) is 11.0. The Bertz CT molecular complexity index is 1390. The molecule has 1 fully saturated rings. The van der Waals surface area contributed by atoms with Crippen molar-refractivity contribution < 1.29 is 19.2 Å². The average molecular weight is 526 g/mol. The third-order valence-corrected chi connectivity index (χ3v) is 7.94. The van der Waals surface area contributed by atoms with Gasteiger partial charge in [-0.3, -0.25) is 19.2 Å². The van der Waals surface area contributed by atoms with Crippen molar-refractivity contribution in [2.75, 3.05) is 31.6 Å². The molecule has 202 valence electrons. The van der Waals surface area contributed by atoms with E-state index in [1.165, 1.54) is 6.20 Å². The van der Waals surface area contributed by atoms with Crippen LogP contribution in [-0.4, -0.2) is 64.6 Å². The van der Waals surface area contributed by atoms with Crippen molar-refractivity contribution in [2.45, 2.75) is 45.8 Å². The van der Waals surface area contributed by atoms with Gasteiger partial charge in [-0.15, -0.1) is 0 Å². The first-order chi connectivity index (χ1) is 18.5. The van der Waals surface area contributed by atoms with Gasteiger partial charge in [-0.05, 0) is 63.6 Å². The zero-order chi connectivity index (χ0) is 28.4. The van der Waals surface area contributed by atoms with Gasteiger partial charge in [0.15, 0.2) is 0 Å². The van der Waals surface area contributed by atoms with Gasteiger partial charge in [0.1, 0.15) is 6.04 Å². The molecule has 1 unspecified atom stereocenters. The van der Waals surface area contributed by atoms with E-state index in [0.717, 1.165) is 16.8 Å². The van der Waals surface area contributed by atoms with Crippen molar-refractivity contribution in [1.82, 2.24) is 9.88 Å². The standard InChI is InChI=1S/C31H35N5O3/c1-22-20-35(16-17-36(22,30(38)39)31(2,3)4)21-23-10-13-26(14-11-23)34(5)29(37)25-12-15-28(33-19-25)27-9-7-6-8-24(27)18-32/h6-15,19,22H,16-17,20-21H2,1-5H3/t22-,36?/m0/s1. The maximum absolute atomic E-state index is 13.1. The Hall–Kier alpha value is -4.06. The molecule has 0 N–H and O–H groups in total. The summed E-state index contributed by atoms with van der Waals surface area (Å²) < 4.78 is -0.0456. The van der Waals surface area contributed by atoms with E-state index in [9.17, 15) is 20.0 Å². The summed E-state index contributed by atoms with van der Waals surface area (Å²) in [6.07, 6.45) is 0.528. The molecule has 1 aromatic heterocycles. The molecule has 1 saturated heterocycles. The average Bonchev–Trinajstić information content (AvgIpc) is 2.92. The first-order valence-corrected chi connectivity index (χ1v) is 13.1. The summed E-state index contributed by atoms with van der Waals surface area (Å²) in [5.41, 5.74) is 3.77. The second-order valence-electron chi connectivity index (χ2n) is 11.2. The molecule has 0 bridgehead atoms. The van der Waals surface area contributed by atoms with E-state index in [1.54, 1.807) is 36.2 Å². The molecule has 0 radical (unpaired) electrons. The molecule has 8 heteroatoms. The van der Waals surface area contributed by atoms with Crippen LogP contribution in [0.2, 0.25) is 0 Å². The van der Waals surface area contributed by atoms with Crippen LogP contribution in [0.3, 0.4) is 0 Å². The third-order valence-electron chi connectivity index (χ3n) is 7.94.